The van der Waals surface area contributed by atoms with Gasteiger partial charge in [-0.15, -0.1) is 0 Å². The normalized spacial score (nSPS) is 23.1. The van der Waals surface area contributed by atoms with E-state index in [1.165, 1.54) is 22.9 Å². The lowest BCUT2D eigenvalue weighted by molar-refractivity contribution is -0.108. The minimum absolute atomic E-state index is 0.0343. The number of benzene rings is 1. The summed E-state index contributed by atoms with van der Waals surface area (Å²) in [6.45, 7) is 6.69. The second kappa shape index (κ2) is 7.63. The van der Waals surface area contributed by atoms with Crippen molar-refractivity contribution in [3.8, 4) is 0 Å². The van der Waals surface area contributed by atoms with E-state index in [-0.39, 0.29) is 17.8 Å². The Morgan fingerprint density at radius 2 is 2.00 bits per heavy atom. The van der Waals surface area contributed by atoms with E-state index < -0.39 is 0 Å². The lowest BCUT2D eigenvalue weighted by Crippen LogP contribution is -2.45. The van der Waals surface area contributed by atoms with E-state index in [0.29, 0.717) is 23.3 Å². The maximum Gasteiger partial charge on any atom is 0.275 e. The second-order valence-electron chi connectivity index (χ2n) is 8.51. The molecule has 152 valence electrons. The summed E-state index contributed by atoms with van der Waals surface area (Å²) in [5.41, 5.74) is 1.93. The Bertz CT molecular complexity index is 1060. The number of aromatic nitrogens is 3. The zero-order chi connectivity index (χ0) is 20.0. The van der Waals surface area contributed by atoms with E-state index in [0.717, 1.165) is 23.8 Å². The van der Waals surface area contributed by atoms with Gasteiger partial charge in [0.1, 0.15) is 5.01 Å². The van der Waals surface area contributed by atoms with Crippen LogP contribution in [0.1, 0.15) is 55.0 Å². The van der Waals surface area contributed by atoms with Crippen molar-refractivity contribution in [2.45, 2.75) is 51.4 Å². The number of morpholine rings is 1. The van der Waals surface area contributed by atoms with Crippen LogP contribution in [0.2, 0.25) is 0 Å². The molecule has 0 unspecified atom stereocenters. The van der Waals surface area contributed by atoms with Crippen molar-refractivity contribution >= 4 is 16.3 Å². The minimum atomic E-state index is -0.0820. The lowest BCUT2D eigenvalue weighted by atomic mass is 10.0. The number of hydrogen-bond acceptors (Lipinski definition) is 6. The first-order valence-corrected chi connectivity index (χ1v) is 11.2. The van der Waals surface area contributed by atoms with E-state index in [2.05, 4.69) is 48.1 Å². The van der Waals surface area contributed by atoms with Crippen LogP contribution in [0.4, 0.5) is 0 Å². The third kappa shape index (κ3) is 3.99. The molecular formula is C22H26N4O2S. The molecule has 2 atom stereocenters. The van der Waals surface area contributed by atoms with Crippen LogP contribution in [0.25, 0.3) is 4.96 Å². The second-order valence-corrected chi connectivity index (χ2v) is 9.49. The number of hydrogen-bond donors (Lipinski definition) is 0. The average Bonchev–Trinajstić information content (AvgIpc) is 3.48. The molecule has 5 rings (SSSR count). The molecule has 0 N–H and O–H groups in total. The maximum atomic E-state index is 12.6. The van der Waals surface area contributed by atoms with E-state index in [1.807, 2.05) is 6.07 Å². The molecule has 3 aromatic rings. The number of rotatable bonds is 5. The Morgan fingerprint density at radius 1 is 1.21 bits per heavy atom. The monoisotopic (exact) mass is 410 g/mol. The highest BCUT2D eigenvalue weighted by Crippen LogP contribution is 2.41. The van der Waals surface area contributed by atoms with Crippen molar-refractivity contribution in [3.05, 3.63) is 63.0 Å². The fraction of sp³-hybridized carbons (Fsp3) is 0.500. The molecule has 0 spiro atoms. The van der Waals surface area contributed by atoms with Crippen LogP contribution < -0.4 is 5.56 Å². The van der Waals surface area contributed by atoms with E-state index in [1.54, 1.807) is 17.4 Å². The van der Waals surface area contributed by atoms with Crippen molar-refractivity contribution < 1.29 is 4.74 Å². The molecule has 6 nitrogen and oxygen atoms in total. The molecule has 1 saturated heterocycles. The van der Waals surface area contributed by atoms with Crippen molar-refractivity contribution in [1.29, 1.82) is 0 Å². The standard InChI is InChI=1S/C22H26N4O2S/c1-14(2)18-12-25(13-19(28-18)15-6-4-3-5-7-15)11-17-10-20(27)26-22(23-17)29-21(24-26)16-8-9-16/h3-7,10,14,16,18-19H,8-9,11-13H2,1-2H3/t18-,19+/m1/s1. The summed E-state index contributed by atoms with van der Waals surface area (Å²) >= 11 is 1.56. The Labute approximate surface area is 174 Å². The SMILES string of the molecule is CC(C)[C@H]1CN(Cc2cc(=O)n3nc(C4CC4)sc3n2)C[C@@H](c2ccccc2)O1. The van der Waals surface area contributed by atoms with Gasteiger partial charge in [0.15, 0.2) is 0 Å². The van der Waals surface area contributed by atoms with Crippen LogP contribution in [0, 0.1) is 5.92 Å². The highest BCUT2D eigenvalue weighted by molar-refractivity contribution is 7.16. The van der Waals surface area contributed by atoms with E-state index in [9.17, 15) is 4.79 Å². The van der Waals surface area contributed by atoms with Crippen LogP contribution in [0.5, 0.6) is 0 Å². The highest BCUT2D eigenvalue weighted by atomic mass is 32.1. The third-order valence-corrected chi connectivity index (χ3v) is 6.81. The zero-order valence-electron chi connectivity index (χ0n) is 16.8. The fourth-order valence-electron chi connectivity index (χ4n) is 3.89. The van der Waals surface area contributed by atoms with Crippen molar-refractivity contribution in [1.82, 2.24) is 19.5 Å². The summed E-state index contributed by atoms with van der Waals surface area (Å²) in [6.07, 6.45) is 2.54. The third-order valence-electron chi connectivity index (χ3n) is 5.74. The summed E-state index contributed by atoms with van der Waals surface area (Å²) in [4.78, 5) is 20.4. The Morgan fingerprint density at radius 3 is 2.72 bits per heavy atom. The largest absolute Gasteiger partial charge is 0.367 e. The van der Waals surface area contributed by atoms with Crippen LogP contribution in [0.3, 0.4) is 0 Å². The van der Waals surface area contributed by atoms with Crippen LogP contribution in [-0.2, 0) is 11.3 Å². The first-order valence-electron chi connectivity index (χ1n) is 10.4. The topological polar surface area (TPSA) is 59.7 Å². The molecule has 0 amide bonds. The lowest BCUT2D eigenvalue weighted by Gasteiger charge is -2.39. The van der Waals surface area contributed by atoms with Gasteiger partial charge in [-0.3, -0.25) is 9.69 Å². The highest BCUT2D eigenvalue weighted by Gasteiger charge is 2.31. The van der Waals surface area contributed by atoms with E-state index >= 15 is 0 Å². The van der Waals surface area contributed by atoms with Gasteiger partial charge in [-0.1, -0.05) is 55.5 Å². The summed E-state index contributed by atoms with van der Waals surface area (Å²) in [7, 11) is 0. The first kappa shape index (κ1) is 18.9. The van der Waals surface area contributed by atoms with Crippen molar-refractivity contribution in [3.63, 3.8) is 0 Å². The summed E-state index contributed by atoms with van der Waals surface area (Å²) in [6, 6.07) is 12.0. The summed E-state index contributed by atoms with van der Waals surface area (Å²) < 4.78 is 7.86. The predicted molar refractivity (Wildman–Crippen MR) is 113 cm³/mol. The molecule has 0 bridgehead atoms. The number of ether oxygens (including phenoxy) is 1. The molecular weight excluding hydrogens is 384 g/mol. The quantitative estimate of drug-likeness (QED) is 0.643. The molecule has 1 saturated carbocycles. The van der Waals surface area contributed by atoms with Crippen LogP contribution >= 0.6 is 11.3 Å². The molecule has 2 aliphatic rings. The van der Waals surface area contributed by atoms with Gasteiger partial charge >= 0.3 is 0 Å². The smallest absolute Gasteiger partial charge is 0.275 e. The number of nitrogens with zero attached hydrogens (tertiary/aromatic N) is 4. The Kier molecular flexibility index (Phi) is 4.97. The Hall–Kier alpha value is -2.09. The molecule has 1 aliphatic heterocycles. The molecule has 29 heavy (non-hydrogen) atoms. The molecule has 0 radical (unpaired) electrons. The predicted octanol–water partition coefficient (Wildman–Crippen LogP) is 3.63. The maximum absolute atomic E-state index is 12.6. The van der Waals surface area contributed by atoms with Gasteiger partial charge in [0.25, 0.3) is 5.56 Å². The summed E-state index contributed by atoms with van der Waals surface area (Å²) in [5.74, 6) is 0.954. The first-order chi connectivity index (χ1) is 14.1. The van der Waals surface area contributed by atoms with Gasteiger partial charge in [0.2, 0.25) is 4.96 Å². The minimum Gasteiger partial charge on any atom is -0.367 e. The van der Waals surface area contributed by atoms with Gasteiger partial charge < -0.3 is 4.74 Å². The Balaban J connectivity index is 1.40. The van der Waals surface area contributed by atoms with Crippen LogP contribution in [0.15, 0.2) is 41.2 Å². The van der Waals surface area contributed by atoms with Crippen molar-refractivity contribution in [2.24, 2.45) is 5.92 Å². The number of fused-ring (bicyclic) bond motifs is 1. The zero-order valence-corrected chi connectivity index (χ0v) is 17.6. The van der Waals surface area contributed by atoms with Gasteiger partial charge in [0, 0.05) is 31.6 Å². The molecule has 1 aromatic carbocycles. The summed E-state index contributed by atoms with van der Waals surface area (Å²) in [5, 5.41) is 5.52. The fourth-order valence-corrected chi connectivity index (χ4v) is 4.98. The van der Waals surface area contributed by atoms with Gasteiger partial charge in [-0.05, 0) is 24.3 Å². The van der Waals surface area contributed by atoms with E-state index in [4.69, 9.17) is 9.72 Å². The molecule has 2 fully saturated rings. The van der Waals surface area contributed by atoms with Crippen LogP contribution in [-0.4, -0.2) is 38.7 Å². The molecule has 3 heterocycles. The molecule has 1 aliphatic carbocycles. The molecule has 7 heteroatoms. The molecule has 2 aromatic heterocycles. The van der Waals surface area contributed by atoms with Gasteiger partial charge in [-0.25, -0.2) is 4.98 Å². The van der Waals surface area contributed by atoms with Gasteiger partial charge in [-0.2, -0.15) is 9.61 Å². The van der Waals surface area contributed by atoms with Gasteiger partial charge in [0.05, 0.1) is 17.9 Å². The van der Waals surface area contributed by atoms with Crippen molar-refractivity contribution in [2.75, 3.05) is 13.1 Å². The average molecular weight is 411 g/mol.